The van der Waals surface area contributed by atoms with Crippen LogP contribution >= 0.6 is 0 Å². The molecule has 0 saturated heterocycles. The van der Waals surface area contributed by atoms with Gasteiger partial charge in [-0.05, 0) is 12.1 Å². The van der Waals surface area contributed by atoms with Crippen molar-refractivity contribution in [3.8, 4) is 5.75 Å². The fourth-order valence-corrected chi connectivity index (χ4v) is 2.10. The summed E-state index contributed by atoms with van der Waals surface area (Å²) in [6.45, 7) is 0. The second-order valence-electron chi connectivity index (χ2n) is 3.52. The van der Waals surface area contributed by atoms with Crippen molar-refractivity contribution in [2.24, 2.45) is 0 Å². The molecule has 0 aliphatic carbocycles. The van der Waals surface area contributed by atoms with Crippen molar-refractivity contribution in [2.45, 2.75) is 5.75 Å². The zero-order valence-electron chi connectivity index (χ0n) is 9.05. The molecule has 1 aromatic heterocycles. The van der Waals surface area contributed by atoms with E-state index in [0.29, 0.717) is 11.3 Å². The first kappa shape index (κ1) is 11.8. The molecule has 17 heavy (non-hydrogen) atoms. The number of halogens is 1. The van der Waals surface area contributed by atoms with Crippen LogP contribution in [-0.4, -0.2) is 20.5 Å². The largest absolute Gasteiger partial charge is 0.494 e. The molecule has 0 bridgehead atoms. The maximum absolute atomic E-state index is 12.6. The van der Waals surface area contributed by atoms with Crippen molar-refractivity contribution >= 4 is 21.1 Å². The number of hydrogen-bond donors (Lipinski definition) is 0. The molecule has 0 atom stereocenters. The van der Waals surface area contributed by atoms with Gasteiger partial charge in [-0.1, -0.05) is 18.2 Å². The summed E-state index contributed by atoms with van der Waals surface area (Å²) in [5, 5.41) is 0.810. The number of methoxy groups -OCH3 is 1. The first-order valence-corrected chi connectivity index (χ1v) is 6.40. The average molecular weight is 255 g/mol. The van der Waals surface area contributed by atoms with E-state index in [4.69, 9.17) is 4.74 Å². The second-order valence-corrected chi connectivity index (χ2v) is 4.88. The fourth-order valence-electron chi connectivity index (χ4n) is 1.58. The minimum absolute atomic E-state index is 0.157. The quantitative estimate of drug-likeness (QED) is 0.787. The Bertz CT molecular complexity index is 655. The molecule has 1 heterocycles. The molecular weight excluding hydrogens is 245 g/mol. The van der Waals surface area contributed by atoms with Gasteiger partial charge in [-0.15, -0.1) is 3.89 Å². The molecule has 0 aliphatic rings. The van der Waals surface area contributed by atoms with Gasteiger partial charge in [0.05, 0.1) is 12.8 Å². The molecule has 2 rings (SSSR count). The highest BCUT2D eigenvalue weighted by molar-refractivity contribution is 7.85. The molecule has 0 aliphatic heterocycles. The summed E-state index contributed by atoms with van der Waals surface area (Å²) in [5.41, 5.74) is 0.681. The van der Waals surface area contributed by atoms with Crippen LogP contribution in [0.5, 0.6) is 5.75 Å². The van der Waals surface area contributed by atoms with Crippen LogP contribution in [-0.2, 0) is 16.0 Å². The topological polar surface area (TPSA) is 56.3 Å². The predicted octanol–water partition coefficient (Wildman–Crippen LogP) is 2.04. The number of aromatic nitrogens is 1. The lowest BCUT2D eigenvalue weighted by atomic mass is 10.2. The van der Waals surface area contributed by atoms with Crippen LogP contribution < -0.4 is 4.74 Å². The van der Waals surface area contributed by atoms with Gasteiger partial charge in [-0.2, -0.15) is 8.42 Å². The van der Waals surface area contributed by atoms with E-state index in [1.807, 2.05) is 6.07 Å². The lowest BCUT2D eigenvalue weighted by molar-refractivity contribution is 0.419. The van der Waals surface area contributed by atoms with Crippen LogP contribution in [0.1, 0.15) is 5.69 Å². The monoisotopic (exact) mass is 255 g/mol. The van der Waals surface area contributed by atoms with E-state index in [1.54, 1.807) is 18.2 Å². The Hall–Kier alpha value is -1.69. The van der Waals surface area contributed by atoms with Gasteiger partial charge in [0.25, 0.3) is 0 Å². The Morgan fingerprint density at radius 3 is 2.71 bits per heavy atom. The summed E-state index contributed by atoms with van der Waals surface area (Å²) in [6, 6.07) is 8.50. The van der Waals surface area contributed by atoms with Crippen molar-refractivity contribution in [2.75, 3.05) is 7.11 Å². The van der Waals surface area contributed by atoms with Gasteiger partial charge in [0.2, 0.25) is 0 Å². The number of rotatable bonds is 3. The molecule has 90 valence electrons. The molecular formula is C11H10FNO3S. The predicted molar refractivity (Wildman–Crippen MR) is 62.0 cm³/mol. The van der Waals surface area contributed by atoms with Gasteiger partial charge in [0, 0.05) is 5.39 Å². The van der Waals surface area contributed by atoms with E-state index in [-0.39, 0.29) is 5.69 Å². The van der Waals surface area contributed by atoms with Crippen LogP contribution in [0.15, 0.2) is 30.3 Å². The van der Waals surface area contributed by atoms with Crippen LogP contribution in [0.4, 0.5) is 3.89 Å². The Kier molecular flexibility index (Phi) is 2.97. The molecule has 0 unspecified atom stereocenters. The minimum atomic E-state index is -4.57. The molecule has 2 aromatic rings. The van der Waals surface area contributed by atoms with Crippen molar-refractivity contribution < 1.29 is 17.0 Å². The van der Waals surface area contributed by atoms with Crippen molar-refractivity contribution in [3.63, 3.8) is 0 Å². The Morgan fingerprint density at radius 1 is 1.29 bits per heavy atom. The Morgan fingerprint density at radius 2 is 2.06 bits per heavy atom. The summed E-state index contributed by atoms with van der Waals surface area (Å²) in [7, 11) is -3.07. The molecule has 0 amide bonds. The van der Waals surface area contributed by atoms with Crippen molar-refractivity contribution in [3.05, 3.63) is 36.0 Å². The van der Waals surface area contributed by atoms with E-state index in [9.17, 15) is 12.3 Å². The molecule has 0 fully saturated rings. The van der Waals surface area contributed by atoms with Gasteiger partial charge < -0.3 is 4.74 Å². The highest BCUT2D eigenvalue weighted by atomic mass is 32.3. The van der Waals surface area contributed by atoms with Gasteiger partial charge in [-0.25, -0.2) is 4.98 Å². The lowest BCUT2D eigenvalue weighted by Gasteiger charge is -2.05. The maximum Gasteiger partial charge on any atom is 0.308 e. The molecule has 0 saturated carbocycles. The van der Waals surface area contributed by atoms with Crippen LogP contribution in [0.25, 0.3) is 10.9 Å². The number of para-hydroxylation sites is 1. The van der Waals surface area contributed by atoms with Crippen LogP contribution in [0, 0.1) is 0 Å². The van der Waals surface area contributed by atoms with E-state index in [2.05, 4.69) is 4.98 Å². The van der Waals surface area contributed by atoms with Crippen molar-refractivity contribution in [1.29, 1.82) is 0 Å². The summed E-state index contributed by atoms with van der Waals surface area (Å²) in [5.74, 6) is -0.193. The van der Waals surface area contributed by atoms with Gasteiger partial charge in [0.1, 0.15) is 17.0 Å². The Balaban J connectivity index is 2.56. The number of hydrogen-bond acceptors (Lipinski definition) is 4. The summed E-state index contributed by atoms with van der Waals surface area (Å²) < 4.78 is 38.8. The third-order valence-corrected chi connectivity index (χ3v) is 2.92. The maximum atomic E-state index is 12.6. The van der Waals surface area contributed by atoms with E-state index in [0.717, 1.165) is 5.39 Å². The third kappa shape index (κ3) is 2.71. The first-order valence-electron chi connectivity index (χ1n) is 4.84. The smallest absolute Gasteiger partial charge is 0.308 e. The number of benzene rings is 1. The zero-order valence-corrected chi connectivity index (χ0v) is 9.87. The second kappa shape index (κ2) is 4.29. The number of fused-ring (bicyclic) bond motifs is 1. The van der Waals surface area contributed by atoms with Gasteiger partial charge in [0.15, 0.2) is 0 Å². The molecule has 0 spiro atoms. The van der Waals surface area contributed by atoms with E-state index >= 15 is 0 Å². The molecule has 6 heteroatoms. The van der Waals surface area contributed by atoms with Crippen LogP contribution in [0.3, 0.4) is 0 Å². The first-order chi connectivity index (χ1) is 7.99. The third-order valence-electron chi connectivity index (χ3n) is 2.28. The SMILES string of the molecule is COc1cccc2ccc(CS(=O)(=O)F)nc12. The average Bonchev–Trinajstić information content (AvgIpc) is 2.26. The molecule has 0 radical (unpaired) electrons. The zero-order chi connectivity index (χ0) is 12.5. The number of pyridine rings is 1. The van der Waals surface area contributed by atoms with Crippen molar-refractivity contribution in [1.82, 2.24) is 4.98 Å². The summed E-state index contributed by atoms with van der Waals surface area (Å²) in [6.07, 6.45) is 0. The van der Waals surface area contributed by atoms with E-state index in [1.165, 1.54) is 13.2 Å². The fraction of sp³-hybridized carbons (Fsp3) is 0.182. The Labute approximate surface area is 98.3 Å². The standard InChI is InChI=1S/C11H10FNO3S/c1-16-10-4-2-3-8-5-6-9(13-11(8)10)7-17(12,14)15/h2-6H,7H2,1H3. The highest BCUT2D eigenvalue weighted by Crippen LogP contribution is 2.24. The molecule has 1 aromatic carbocycles. The highest BCUT2D eigenvalue weighted by Gasteiger charge is 2.11. The van der Waals surface area contributed by atoms with Gasteiger partial charge in [-0.3, -0.25) is 0 Å². The summed E-state index contributed by atoms with van der Waals surface area (Å²) >= 11 is 0. The minimum Gasteiger partial charge on any atom is -0.494 e. The molecule has 4 nitrogen and oxygen atoms in total. The summed E-state index contributed by atoms with van der Waals surface area (Å²) in [4.78, 5) is 4.09. The number of nitrogens with zero attached hydrogens (tertiary/aromatic N) is 1. The lowest BCUT2D eigenvalue weighted by Crippen LogP contribution is -1.99. The number of ether oxygens (including phenoxy) is 1. The normalized spacial score (nSPS) is 11.6. The van der Waals surface area contributed by atoms with Crippen LogP contribution in [0.2, 0.25) is 0 Å². The van der Waals surface area contributed by atoms with Gasteiger partial charge >= 0.3 is 10.2 Å². The molecule has 0 N–H and O–H groups in total. The van der Waals surface area contributed by atoms with E-state index < -0.39 is 16.0 Å².